The van der Waals surface area contributed by atoms with Gasteiger partial charge in [-0.3, -0.25) is 4.57 Å². The number of hydrogen-bond donors (Lipinski definition) is 5. The molecule has 0 bridgehead atoms. The molecule has 1 saturated heterocycles. The number of aliphatic hydroxyl groups is 2. The molecule has 3 heterocycles. The first-order valence-electron chi connectivity index (χ1n) is 10.7. The lowest BCUT2D eigenvalue weighted by Crippen LogP contribution is -2.43. The number of hydrogen-bond acceptors (Lipinski definition) is 9. The minimum Gasteiger partial charge on any atom is -0.387 e. The number of likely N-dealkylation sites (N-methyl/N-ethyl adjacent to an activating group) is 1. The zero-order valence-corrected chi connectivity index (χ0v) is 19.3. The number of anilines is 1. The van der Waals surface area contributed by atoms with E-state index in [9.17, 15) is 15.0 Å². The quantitative estimate of drug-likeness (QED) is 0.295. The van der Waals surface area contributed by atoms with Crippen molar-refractivity contribution in [2.75, 3.05) is 32.4 Å². The number of halogens is 1. The number of nitrogen functional groups attached to an aromatic ring is 1. The van der Waals surface area contributed by atoms with Gasteiger partial charge < -0.3 is 36.2 Å². The van der Waals surface area contributed by atoms with E-state index in [2.05, 4.69) is 25.6 Å². The van der Waals surface area contributed by atoms with Crippen molar-refractivity contribution in [2.24, 2.45) is 0 Å². The van der Waals surface area contributed by atoms with Gasteiger partial charge in [0.1, 0.15) is 30.2 Å². The van der Waals surface area contributed by atoms with Crippen LogP contribution in [-0.2, 0) is 11.3 Å². The molecule has 1 aliphatic rings. The van der Waals surface area contributed by atoms with Crippen molar-refractivity contribution in [1.82, 2.24) is 35.1 Å². The Hall–Kier alpha value is -3.03. The van der Waals surface area contributed by atoms with Crippen LogP contribution in [-0.4, -0.2) is 85.7 Å². The molecule has 182 valence electrons. The number of nitrogens with two attached hydrogens (primary N) is 1. The summed E-state index contributed by atoms with van der Waals surface area (Å²) >= 11 is 5.86. The maximum absolute atomic E-state index is 12.0. The van der Waals surface area contributed by atoms with Crippen molar-refractivity contribution >= 4 is 34.6 Å². The summed E-state index contributed by atoms with van der Waals surface area (Å²) < 4.78 is 7.48. The van der Waals surface area contributed by atoms with E-state index in [-0.39, 0.29) is 11.8 Å². The molecule has 2 amide bonds. The summed E-state index contributed by atoms with van der Waals surface area (Å²) in [5, 5.41) is 27.3. The Balaban J connectivity index is 1.24. The molecule has 0 radical (unpaired) electrons. The summed E-state index contributed by atoms with van der Waals surface area (Å²) in [6, 6.07) is 6.94. The van der Waals surface area contributed by atoms with E-state index in [1.165, 1.54) is 17.2 Å². The molecule has 6 N–H and O–H groups in total. The predicted molar refractivity (Wildman–Crippen MR) is 125 cm³/mol. The van der Waals surface area contributed by atoms with Gasteiger partial charge >= 0.3 is 6.03 Å². The van der Waals surface area contributed by atoms with E-state index in [0.29, 0.717) is 42.4 Å². The molecule has 12 nitrogen and oxygen atoms in total. The molecule has 2 aromatic heterocycles. The van der Waals surface area contributed by atoms with Crippen LogP contribution in [0.3, 0.4) is 0 Å². The highest BCUT2D eigenvalue weighted by molar-refractivity contribution is 6.30. The van der Waals surface area contributed by atoms with Crippen LogP contribution in [0.2, 0.25) is 5.02 Å². The SMILES string of the molecule is CN(CCNC(=O)NCc1ccc(Cl)cc1)CC1OC(n2cnc3c(N)ncnc32)C(O)C1O. The molecular weight excluding hydrogens is 464 g/mol. The van der Waals surface area contributed by atoms with Crippen LogP contribution >= 0.6 is 11.6 Å². The van der Waals surface area contributed by atoms with E-state index >= 15 is 0 Å². The molecule has 1 aromatic carbocycles. The highest BCUT2D eigenvalue weighted by Crippen LogP contribution is 2.32. The topological polar surface area (TPSA) is 164 Å². The van der Waals surface area contributed by atoms with Gasteiger partial charge in [-0.15, -0.1) is 0 Å². The van der Waals surface area contributed by atoms with Crippen LogP contribution in [0.5, 0.6) is 0 Å². The summed E-state index contributed by atoms with van der Waals surface area (Å²) in [6.07, 6.45) is -1.06. The Bertz CT molecular complexity index is 1130. The van der Waals surface area contributed by atoms with E-state index in [1.54, 1.807) is 12.1 Å². The number of imidazole rings is 1. The summed E-state index contributed by atoms with van der Waals surface area (Å²) in [5.41, 5.74) is 7.57. The maximum atomic E-state index is 12.0. The highest BCUT2D eigenvalue weighted by Gasteiger charge is 2.44. The Kier molecular flexibility index (Phi) is 7.44. The molecule has 0 aliphatic carbocycles. The number of nitrogens with zero attached hydrogens (tertiary/aromatic N) is 5. The van der Waals surface area contributed by atoms with Crippen LogP contribution < -0.4 is 16.4 Å². The molecular formula is C21H27ClN8O4. The monoisotopic (exact) mass is 490 g/mol. The lowest BCUT2D eigenvalue weighted by atomic mass is 10.1. The summed E-state index contributed by atoms with van der Waals surface area (Å²) in [7, 11) is 1.84. The minimum absolute atomic E-state index is 0.220. The zero-order chi connectivity index (χ0) is 24.2. The second-order valence-corrected chi connectivity index (χ2v) is 8.56. The van der Waals surface area contributed by atoms with Gasteiger partial charge in [-0.1, -0.05) is 23.7 Å². The molecule has 0 spiro atoms. The lowest BCUT2D eigenvalue weighted by molar-refractivity contribution is -0.0420. The number of fused-ring (bicyclic) bond motifs is 1. The molecule has 3 aromatic rings. The molecule has 4 rings (SSSR count). The van der Waals surface area contributed by atoms with Crippen molar-refractivity contribution in [3.63, 3.8) is 0 Å². The Morgan fingerprint density at radius 3 is 2.74 bits per heavy atom. The Morgan fingerprint density at radius 2 is 1.97 bits per heavy atom. The smallest absolute Gasteiger partial charge is 0.315 e. The van der Waals surface area contributed by atoms with Crippen LogP contribution in [0.1, 0.15) is 11.8 Å². The third-order valence-electron chi connectivity index (χ3n) is 5.64. The van der Waals surface area contributed by atoms with Crippen LogP contribution in [0.25, 0.3) is 11.2 Å². The molecule has 4 unspecified atom stereocenters. The summed E-state index contributed by atoms with van der Waals surface area (Å²) in [4.78, 5) is 26.2. The van der Waals surface area contributed by atoms with Crippen molar-refractivity contribution in [1.29, 1.82) is 0 Å². The van der Waals surface area contributed by atoms with Gasteiger partial charge in [0.05, 0.1) is 6.33 Å². The van der Waals surface area contributed by atoms with Crippen LogP contribution in [0.15, 0.2) is 36.9 Å². The van der Waals surface area contributed by atoms with Crippen LogP contribution in [0.4, 0.5) is 10.6 Å². The molecule has 34 heavy (non-hydrogen) atoms. The highest BCUT2D eigenvalue weighted by atomic mass is 35.5. The number of urea groups is 1. The van der Waals surface area contributed by atoms with Gasteiger partial charge in [0.2, 0.25) is 0 Å². The Morgan fingerprint density at radius 1 is 1.21 bits per heavy atom. The number of nitrogens with one attached hydrogen (secondary N) is 2. The molecule has 1 fully saturated rings. The van der Waals surface area contributed by atoms with Gasteiger partial charge in [0.15, 0.2) is 17.7 Å². The number of ether oxygens (including phenoxy) is 1. The van der Waals surface area contributed by atoms with Gasteiger partial charge in [0, 0.05) is 31.2 Å². The van der Waals surface area contributed by atoms with E-state index in [0.717, 1.165) is 5.56 Å². The van der Waals surface area contributed by atoms with E-state index in [4.69, 9.17) is 22.1 Å². The van der Waals surface area contributed by atoms with Crippen molar-refractivity contribution in [3.8, 4) is 0 Å². The number of amides is 2. The summed E-state index contributed by atoms with van der Waals surface area (Å²) in [5.74, 6) is 0.220. The summed E-state index contributed by atoms with van der Waals surface area (Å²) in [6.45, 7) is 1.63. The largest absolute Gasteiger partial charge is 0.387 e. The molecule has 4 atom stereocenters. The first-order chi connectivity index (χ1) is 16.3. The number of rotatable bonds is 8. The van der Waals surface area contributed by atoms with Crippen molar-refractivity contribution in [2.45, 2.75) is 31.1 Å². The molecule has 13 heteroatoms. The van der Waals surface area contributed by atoms with E-state index in [1.807, 2.05) is 24.1 Å². The average molecular weight is 491 g/mol. The number of benzene rings is 1. The average Bonchev–Trinajstić information content (AvgIpc) is 3.36. The predicted octanol–water partition coefficient (Wildman–Crippen LogP) is 0.112. The maximum Gasteiger partial charge on any atom is 0.315 e. The third kappa shape index (κ3) is 5.37. The normalized spacial score (nSPS) is 22.4. The van der Waals surface area contributed by atoms with Gasteiger partial charge in [-0.2, -0.15) is 0 Å². The van der Waals surface area contributed by atoms with Gasteiger partial charge in [0.25, 0.3) is 0 Å². The van der Waals surface area contributed by atoms with E-state index < -0.39 is 24.5 Å². The lowest BCUT2D eigenvalue weighted by Gasteiger charge is -2.23. The molecule has 1 aliphatic heterocycles. The fourth-order valence-electron chi connectivity index (χ4n) is 3.77. The van der Waals surface area contributed by atoms with Crippen molar-refractivity contribution in [3.05, 3.63) is 47.5 Å². The first kappa shape index (κ1) is 24.1. The molecule has 0 saturated carbocycles. The number of carbonyl (C=O) groups excluding carboxylic acids is 1. The zero-order valence-electron chi connectivity index (χ0n) is 18.5. The number of carbonyl (C=O) groups is 1. The standard InChI is InChI=1S/C21H27ClN8O4/c1-29(7-6-24-21(33)25-8-12-2-4-13(22)5-3-12)9-14-16(31)17(32)20(34-14)30-11-28-15-18(23)26-10-27-19(15)30/h2-5,10-11,14,16-17,20,31-32H,6-9H2,1H3,(H2,23,26,27)(H2,24,25,33). The fourth-order valence-corrected chi connectivity index (χ4v) is 3.90. The minimum atomic E-state index is -1.18. The van der Waals surface area contributed by atoms with Gasteiger partial charge in [-0.25, -0.2) is 19.7 Å². The second-order valence-electron chi connectivity index (χ2n) is 8.13. The fraction of sp³-hybridized carbons (Fsp3) is 0.429. The van der Waals surface area contributed by atoms with Crippen LogP contribution in [0, 0.1) is 0 Å². The number of aliphatic hydroxyl groups excluding tert-OH is 2. The second kappa shape index (κ2) is 10.5. The first-order valence-corrected chi connectivity index (χ1v) is 11.1. The third-order valence-corrected chi connectivity index (χ3v) is 5.89. The van der Waals surface area contributed by atoms with Crippen molar-refractivity contribution < 1.29 is 19.7 Å². The van der Waals surface area contributed by atoms with Gasteiger partial charge in [-0.05, 0) is 24.7 Å². The Labute approximate surface area is 200 Å². The number of aromatic nitrogens is 4.